The molecular weight excluding hydrogens is 258 g/mol. The van der Waals surface area contributed by atoms with Gasteiger partial charge in [0.05, 0.1) is 6.10 Å². The summed E-state index contributed by atoms with van der Waals surface area (Å²) in [5.41, 5.74) is 8.83. The number of hydrogen-bond donors (Lipinski definition) is 2. The molecule has 2 nitrogen and oxygen atoms in total. The molecule has 0 heterocycles. The number of aliphatic hydroxyl groups excluding tert-OH is 1. The zero-order valence-corrected chi connectivity index (χ0v) is 13.6. The third-order valence-electron chi connectivity index (χ3n) is 8.15. The van der Waals surface area contributed by atoms with E-state index in [1.807, 2.05) is 0 Å². The van der Waals surface area contributed by atoms with E-state index in [0.717, 1.165) is 30.6 Å². The fraction of sp³-hybridized carbons (Fsp3) is 0.895. The van der Waals surface area contributed by atoms with Crippen molar-refractivity contribution in [1.82, 2.24) is 0 Å². The van der Waals surface area contributed by atoms with Gasteiger partial charge in [-0.15, -0.1) is 0 Å². The van der Waals surface area contributed by atoms with Crippen molar-refractivity contribution in [2.24, 2.45) is 34.3 Å². The summed E-state index contributed by atoms with van der Waals surface area (Å²) in [6.07, 6.45) is 12.1. The smallest absolute Gasteiger partial charge is 0.0577 e. The van der Waals surface area contributed by atoms with Gasteiger partial charge in [0.1, 0.15) is 0 Å². The third kappa shape index (κ3) is 1.84. The van der Waals surface area contributed by atoms with Crippen LogP contribution in [0.3, 0.4) is 0 Å². The lowest BCUT2D eigenvalue weighted by molar-refractivity contribution is -0.0401. The number of fused-ring (bicyclic) bond motifs is 5. The van der Waals surface area contributed by atoms with Gasteiger partial charge < -0.3 is 10.8 Å². The summed E-state index contributed by atoms with van der Waals surface area (Å²) in [6.45, 7) is 4.97. The van der Waals surface area contributed by atoms with E-state index in [0.29, 0.717) is 16.9 Å². The Morgan fingerprint density at radius 1 is 1.10 bits per heavy atom. The van der Waals surface area contributed by atoms with Gasteiger partial charge in [-0.25, -0.2) is 0 Å². The summed E-state index contributed by atoms with van der Waals surface area (Å²) in [6, 6.07) is 0.426. The van der Waals surface area contributed by atoms with E-state index in [1.54, 1.807) is 5.57 Å². The third-order valence-corrected chi connectivity index (χ3v) is 8.15. The Kier molecular flexibility index (Phi) is 3.11. The number of allylic oxidation sites excluding steroid dienone is 1. The van der Waals surface area contributed by atoms with Gasteiger partial charge in [-0.3, -0.25) is 0 Å². The fourth-order valence-corrected chi connectivity index (χ4v) is 6.68. The molecule has 0 aromatic rings. The number of aliphatic hydroxyl groups is 1. The number of rotatable bonds is 0. The van der Waals surface area contributed by atoms with E-state index in [-0.39, 0.29) is 6.10 Å². The van der Waals surface area contributed by atoms with E-state index < -0.39 is 0 Å². The molecule has 0 spiro atoms. The van der Waals surface area contributed by atoms with Crippen LogP contribution < -0.4 is 5.73 Å². The highest BCUT2D eigenvalue weighted by Crippen LogP contribution is 2.64. The quantitative estimate of drug-likeness (QED) is 0.669. The first-order valence-electron chi connectivity index (χ1n) is 9.08. The standard InChI is InChI=1S/C19H31NO/c1-18-9-7-13(21)11-12(18)3-4-14-15-5-6-17(20)19(15,2)10-8-16(14)18/h3,13-17,21H,4-11,20H2,1-2H3/t13-,14+,15-,16-,17-,18-,19-/m0/s1. The zero-order chi connectivity index (χ0) is 14.8. The van der Waals surface area contributed by atoms with Crippen molar-refractivity contribution in [2.45, 2.75) is 77.4 Å². The first-order chi connectivity index (χ1) is 9.95. The lowest BCUT2D eigenvalue weighted by Crippen LogP contribution is -2.52. The maximum atomic E-state index is 10.0. The van der Waals surface area contributed by atoms with E-state index in [4.69, 9.17) is 5.73 Å². The second-order valence-corrected chi connectivity index (χ2v) is 8.88. The molecule has 0 bridgehead atoms. The Bertz CT molecular complexity index is 472. The topological polar surface area (TPSA) is 46.2 Å². The first-order valence-corrected chi connectivity index (χ1v) is 9.08. The average Bonchev–Trinajstić information content (AvgIpc) is 2.76. The molecule has 118 valence electrons. The van der Waals surface area contributed by atoms with Crippen LogP contribution in [0.4, 0.5) is 0 Å². The van der Waals surface area contributed by atoms with Crippen LogP contribution in [-0.2, 0) is 0 Å². The fourth-order valence-electron chi connectivity index (χ4n) is 6.68. The van der Waals surface area contributed by atoms with Crippen molar-refractivity contribution < 1.29 is 5.11 Å². The molecular formula is C19H31NO. The summed E-state index contributed by atoms with van der Waals surface area (Å²) < 4.78 is 0. The van der Waals surface area contributed by atoms with Crippen molar-refractivity contribution in [3.63, 3.8) is 0 Å². The molecule has 0 saturated heterocycles. The van der Waals surface area contributed by atoms with Crippen LogP contribution in [0.25, 0.3) is 0 Å². The molecule has 0 amide bonds. The second kappa shape index (κ2) is 4.58. The largest absolute Gasteiger partial charge is 0.393 e. The Morgan fingerprint density at radius 3 is 2.71 bits per heavy atom. The van der Waals surface area contributed by atoms with Gasteiger partial charge in [0.25, 0.3) is 0 Å². The minimum Gasteiger partial charge on any atom is -0.393 e. The van der Waals surface area contributed by atoms with Crippen molar-refractivity contribution in [3.05, 3.63) is 11.6 Å². The van der Waals surface area contributed by atoms with Crippen molar-refractivity contribution in [1.29, 1.82) is 0 Å². The van der Waals surface area contributed by atoms with E-state index in [2.05, 4.69) is 19.9 Å². The maximum Gasteiger partial charge on any atom is 0.0577 e. The maximum absolute atomic E-state index is 10.0. The SMILES string of the molecule is C[C@]12CC[C@H]3[C@H](CC=C4C[C@@H](O)CC[C@@]43C)[C@@H]1CC[C@@H]2N. The van der Waals surface area contributed by atoms with Crippen LogP contribution in [0.2, 0.25) is 0 Å². The Morgan fingerprint density at radius 2 is 1.90 bits per heavy atom. The van der Waals surface area contributed by atoms with Crippen LogP contribution in [-0.4, -0.2) is 17.3 Å². The van der Waals surface area contributed by atoms with Crippen LogP contribution in [0.5, 0.6) is 0 Å². The summed E-state index contributed by atoms with van der Waals surface area (Å²) in [7, 11) is 0. The minimum absolute atomic E-state index is 0.0883. The molecule has 2 heteroatoms. The van der Waals surface area contributed by atoms with Gasteiger partial charge in [-0.1, -0.05) is 25.5 Å². The summed E-state index contributed by atoms with van der Waals surface area (Å²) >= 11 is 0. The van der Waals surface area contributed by atoms with Gasteiger partial charge in [-0.05, 0) is 80.0 Å². The van der Waals surface area contributed by atoms with Gasteiger partial charge in [0.2, 0.25) is 0 Å². The highest BCUT2D eigenvalue weighted by Gasteiger charge is 2.57. The minimum atomic E-state index is -0.0883. The van der Waals surface area contributed by atoms with Crippen LogP contribution >= 0.6 is 0 Å². The van der Waals surface area contributed by atoms with Gasteiger partial charge >= 0.3 is 0 Å². The number of hydrogen-bond acceptors (Lipinski definition) is 2. The van der Waals surface area contributed by atoms with Gasteiger partial charge in [-0.2, -0.15) is 0 Å². The molecule has 0 radical (unpaired) electrons. The molecule has 0 aromatic carbocycles. The molecule has 21 heavy (non-hydrogen) atoms. The van der Waals surface area contributed by atoms with Crippen molar-refractivity contribution in [3.8, 4) is 0 Å². The Balaban J connectivity index is 1.68. The Labute approximate surface area is 129 Å². The predicted molar refractivity (Wildman–Crippen MR) is 85.7 cm³/mol. The van der Waals surface area contributed by atoms with Crippen molar-refractivity contribution >= 4 is 0 Å². The summed E-state index contributed by atoms with van der Waals surface area (Å²) in [5.74, 6) is 2.53. The highest BCUT2D eigenvalue weighted by atomic mass is 16.3. The molecule has 0 aliphatic heterocycles. The molecule has 4 aliphatic rings. The lowest BCUT2D eigenvalue weighted by Gasteiger charge is -2.57. The molecule has 4 aliphatic carbocycles. The Hall–Kier alpha value is -0.340. The first kappa shape index (κ1) is 14.3. The summed E-state index contributed by atoms with van der Waals surface area (Å²) in [4.78, 5) is 0. The molecule has 0 unspecified atom stereocenters. The van der Waals surface area contributed by atoms with E-state index in [9.17, 15) is 5.11 Å². The predicted octanol–water partition coefficient (Wildman–Crippen LogP) is 3.64. The molecule has 3 saturated carbocycles. The van der Waals surface area contributed by atoms with Crippen LogP contribution in [0, 0.1) is 28.6 Å². The summed E-state index contributed by atoms with van der Waals surface area (Å²) in [5, 5.41) is 10.0. The van der Waals surface area contributed by atoms with Crippen LogP contribution in [0.1, 0.15) is 65.2 Å². The second-order valence-electron chi connectivity index (χ2n) is 8.88. The average molecular weight is 289 g/mol. The van der Waals surface area contributed by atoms with E-state index >= 15 is 0 Å². The van der Waals surface area contributed by atoms with Crippen molar-refractivity contribution in [2.75, 3.05) is 0 Å². The van der Waals surface area contributed by atoms with Gasteiger partial charge in [0, 0.05) is 6.04 Å². The highest BCUT2D eigenvalue weighted by molar-refractivity contribution is 5.25. The zero-order valence-electron chi connectivity index (χ0n) is 13.6. The molecule has 4 rings (SSSR count). The molecule has 0 aromatic heterocycles. The molecule has 3 N–H and O–H groups in total. The lowest BCUT2D eigenvalue weighted by atomic mass is 9.48. The molecule has 3 fully saturated rings. The monoisotopic (exact) mass is 289 g/mol. The normalized spacial score (nSPS) is 56.2. The van der Waals surface area contributed by atoms with E-state index in [1.165, 1.54) is 38.5 Å². The number of nitrogens with two attached hydrogens (primary N) is 1. The van der Waals surface area contributed by atoms with Gasteiger partial charge in [0.15, 0.2) is 0 Å². The molecule has 7 atom stereocenters. The van der Waals surface area contributed by atoms with Crippen LogP contribution in [0.15, 0.2) is 11.6 Å².